The van der Waals surface area contributed by atoms with Crippen LogP contribution in [-0.4, -0.2) is 36.0 Å². The lowest BCUT2D eigenvalue weighted by molar-refractivity contribution is -0.122. The van der Waals surface area contributed by atoms with Crippen LogP contribution in [0, 0.1) is 0 Å². The first-order valence-corrected chi connectivity index (χ1v) is 7.72. The number of hydrogen-bond acceptors (Lipinski definition) is 3. The van der Waals surface area contributed by atoms with E-state index in [-0.39, 0.29) is 0 Å². The highest BCUT2D eigenvalue weighted by molar-refractivity contribution is 5.83. The summed E-state index contributed by atoms with van der Waals surface area (Å²) in [5.41, 5.74) is 10.3. The Labute approximate surface area is 117 Å². The molecule has 0 aromatic carbocycles. The minimum absolute atomic E-state index is 0.398. The zero-order valence-corrected chi connectivity index (χ0v) is 12.7. The number of rotatable bonds is 7. The molecule has 1 amide bonds. The number of unbranched alkanes of at least 4 members (excludes halogenated alkanes) is 1. The summed E-state index contributed by atoms with van der Waals surface area (Å²) in [6, 6.07) is 0.753. The van der Waals surface area contributed by atoms with E-state index in [9.17, 15) is 4.79 Å². The molecule has 1 atom stereocenters. The molecule has 0 aliphatic heterocycles. The second kappa shape index (κ2) is 7.85. The van der Waals surface area contributed by atoms with Crippen molar-refractivity contribution in [3.05, 3.63) is 0 Å². The molecule has 0 saturated heterocycles. The van der Waals surface area contributed by atoms with E-state index in [4.69, 9.17) is 11.5 Å². The van der Waals surface area contributed by atoms with Crippen LogP contribution in [0.4, 0.5) is 0 Å². The van der Waals surface area contributed by atoms with E-state index in [2.05, 4.69) is 11.9 Å². The normalized spacial score (nSPS) is 21.1. The van der Waals surface area contributed by atoms with Crippen LogP contribution in [0.2, 0.25) is 0 Å². The van der Waals surface area contributed by atoms with Crippen LogP contribution in [0.15, 0.2) is 0 Å². The Bertz CT molecular complexity index is 271. The molecule has 1 saturated carbocycles. The first-order chi connectivity index (χ1) is 8.93. The number of carbonyl (C=O) groups excluding carboxylic acids is 1. The van der Waals surface area contributed by atoms with Crippen LogP contribution in [0.3, 0.4) is 0 Å². The van der Waals surface area contributed by atoms with Crippen LogP contribution in [-0.2, 0) is 4.79 Å². The molecule has 19 heavy (non-hydrogen) atoms. The number of hydrogen-bond donors (Lipinski definition) is 2. The molecule has 4 nitrogen and oxygen atoms in total. The Morgan fingerprint density at radius 2 is 1.79 bits per heavy atom. The van der Waals surface area contributed by atoms with E-state index in [1.165, 1.54) is 38.5 Å². The number of amides is 1. The highest BCUT2D eigenvalue weighted by Crippen LogP contribution is 2.21. The van der Waals surface area contributed by atoms with Crippen molar-refractivity contribution in [3.8, 4) is 0 Å². The van der Waals surface area contributed by atoms with Crippen molar-refractivity contribution < 1.29 is 4.79 Å². The van der Waals surface area contributed by atoms with Gasteiger partial charge in [-0.2, -0.15) is 0 Å². The molecule has 1 unspecified atom stereocenters. The zero-order chi connectivity index (χ0) is 14.3. The fraction of sp³-hybridized carbons (Fsp3) is 0.933. The Kier molecular flexibility index (Phi) is 6.80. The maximum absolute atomic E-state index is 11.1. The second-order valence-electron chi connectivity index (χ2n) is 6.36. The summed E-state index contributed by atoms with van der Waals surface area (Å²) in [5, 5.41) is 0. The molecule has 112 valence electrons. The van der Waals surface area contributed by atoms with Gasteiger partial charge in [0.05, 0.1) is 5.54 Å². The molecule has 1 aliphatic carbocycles. The summed E-state index contributed by atoms with van der Waals surface area (Å²) in [7, 11) is 2.23. The van der Waals surface area contributed by atoms with Crippen molar-refractivity contribution in [3.63, 3.8) is 0 Å². The van der Waals surface area contributed by atoms with Gasteiger partial charge in [-0.05, 0) is 52.6 Å². The highest BCUT2D eigenvalue weighted by atomic mass is 16.1. The summed E-state index contributed by atoms with van der Waals surface area (Å²) in [4.78, 5) is 13.6. The van der Waals surface area contributed by atoms with Gasteiger partial charge in [0.15, 0.2) is 0 Å². The van der Waals surface area contributed by atoms with Gasteiger partial charge in [-0.3, -0.25) is 4.79 Å². The first kappa shape index (κ1) is 16.4. The molecule has 1 rings (SSSR count). The summed E-state index contributed by atoms with van der Waals surface area (Å²) >= 11 is 0. The zero-order valence-electron chi connectivity index (χ0n) is 12.7. The van der Waals surface area contributed by atoms with Gasteiger partial charge in [-0.15, -0.1) is 0 Å². The third-order valence-corrected chi connectivity index (χ3v) is 4.47. The van der Waals surface area contributed by atoms with Crippen LogP contribution in [0.5, 0.6) is 0 Å². The van der Waals surface area contributed by atoms with Crippen molar-refractivity contribution in [2.45, 2.75) is 76.3 Å². The number of nitrogens with two attached hydrogens (primary N) is 2. The lowest BCUT2D eigenvalue weighted by Crippen LogP contribution is -2.49. The predicted octanol–water partition coefficient (Wildman–Crippen LogP) is 2.01. The van der Waals surface area contributed by atoms with E-state index in [1.807, 2.05) is 0 Å². The van der Waals surface area contributed by atoms with Gasteiger partial charge in [0.1, 0.15) is 0 Å². The smallest absolute Gasteiger partial charge is 0.237 e. The maximum Gasteiger partial charge on any atom is 0.237 e. The van der Waals surface area contributed by atoms with E-state index in [1.54, 1.807) is 6.92 Å². The maximum atomic E-state index is 11.1. The predicted molar refractivity (Wildman–Crippen MR) is 79.8 cm³/mol. The van der Waals surface area contributed by atoms with Crippen LogP contribution in [0.1, 0.15) is 64.7 Å². The fourth-order valence-corrected chi connectivity index (χ4v) is 2.86. The summed E-state index contributed by atoms with van der Waals surface area (Å²) in [6.07, 6.45) is 11.0. The van der Waals surface area contributed by atoms with E-state index in [0.717, 1.165) is 25.4 Å². The second-order valence-corrected chi connectivity index (χ2v) is 6.36. The lowest BCUT2D eigenvalue weighted by Gasteiger charge is -2.27. The first-order valence-electron chi connectivity index (χ1n) is 7.72. The highest BCUT2D eigenvalue weighted by Gasteiger charge is 2.24. The van der Waals surface area contributed by atoms with E-state index in [0.29, 0.717) is 6.42 Å². The molecule has 1 fully saturated rings. The summed E-state index contributed by atoms with van der Waals surface area (Å²) in [6.45, 7) is 2.82. The standard InChI is InChI=1S/C15H31N3O/c1-15(17,14(16)19)11-7-8-12-18(2)13-9-5-3-4-6-10-13/h13H,3-12,17H2,1-2H3,(H2,16,19). The number of primary amides is 1. The molecule has 1 aliphatic rings. The van der Waals surface area contributed by atoms with E-state index < -0.39 is 11.4 Å². The van der Waals surface area contributed by atoms with Gasteiger partial charge >= 0.3 is 0 Å². The van der Waals surface area contributed by atoms with Crippen molar-refractivity contribution in [2.75, 3.05) is 13.6 Å². The number of carbonyl (C=O) groups is 1. The van der Waals surface area contributed by atoms with Gasteiger partial charge in [0, 0.05) is 6.04 Å². The van der Waals surface area contributed by atoms with Crippen LogP contribution >= 0.6 is 0 Å². The Balaban J connectivity index is 2.19. The molecule has 0 bridgehead atoms. The molecular weight excluding hydrogens is 238 g/mol. The average molecular weight is 269 g/mol. The third-order valence-electron chi connectivity index (χ3n) is 4.47. The van der Waals surface area contributed by atoms with Crippen molar-refractivity contribution in [1.82, 2.24) is 4.90 Å². The largest absolute Gasteiger partial charge is 0.368 e. The van der Waals surface area contributed by atoms with Crippen LogP contribution < -0.4 is 11.5 Å². The quantitative estimate of drug-likeness (QED) is 0.548. The summed E-state index contributed by atoms with van der Waals surface area (Å²) in [5.74, 6) is -0.398. The van der Waals surface area contributed by atoms with E-state index >= 15 is 0 Å². The van der Waals surface area contributed by atoms with Gasteiger partial charge in [-0.1, -0.05) is 25.7 Å². The van der Waals surface area contributed by atoms with Gasteiger partial charge < -0.3 is 16.4 Å². The number of nitrogens with zero attached hydrogens (tertiary/aromatic N) is 1. The minimum Gasteiger partial charge on any atom is -0.368 e. The van der Waals surface area contributed by atoms with Crippen LogP contribution in [0.25, 0.3) is 0 Å². The van der Waals surface area contributed by atoms with Gasteiger partial charge in [0.25, 0.3) is 0 Å². The molecule has 0 spiro atoms. The Morgan fingerprint density at radius 1 is 1.21 bits per heavy atom. The van der Waals surface area contributed by atoms with Crippen molar-refractivity contribution in [2.24, 2.45) is 11.5 Å². The molecule has 4 N–H and O–H groups in total. The average Bonchev–Trinajstić information content (AvgIpc) is 2.63. The molecule has 4 heteroatoms. The molecule has 0 aromatic heterocycles. The lowest BCUT2D eigenvalue weighted by atomic mass is 9.95. The van der Waals surface area contributed by atoms with Gasteiger partial charge in [-0.25, -0.2) is 0 Å². The minimum atomic E-state index is -0.846. The molecule has 0 heterocycles. The molecule has 0 radical (unpaired) electrons. The third kappa shape index (κ3) is 5.91. The monoisotopic (exact) mass is 269 g/mol. The molecular formula is C15H31N3O. The fourth-order valence-electron chi connectivity index (χ4n) is 2.86. The SMILES string of the molecule is CN(CCCCC(C)(N)C(N)=O)C1CCCCCC1. The van der Waals surface area contributed by atoms with Gasteiger partial charge in [0.2, 0.25) is 5.91 Å². The molecule has 0 aromatic rings. The summed E-state index contributed by atoms with van der Waals surface area (Å²) < 4.78 is 0. The topological polar surface area (TPSA) is 72.3 Å². The Hall–Kier alpha value is -0.610. The van der Waals surface area contributed by atoms with Crippen molar-refractivity contribution >= 4 is 5.91 Å². The Morgan fingerprint density at radius 3 is 2.32 bits per heavy atom. The van der Waals surface area contributed by atoms with Crippen molar-refractivity contribution in [1.29, 1.82) is 0 Å².